The Morgan fingerprint density at radius 2 is 2.00 bits per heavy atom. The molecular formula is C15H30N2. The largest absolute Gasteiger partial charge is 0.312 e. The van der Waals surface area contributed by atoms with Gasteiger partial charge < -0.3 is 5.32 Å². The van der Waals surface area contributed by atoms with Crippen molar-refractivity contribution in [1.82, 2.24) is 10.2 Å². The molecule has 0 aromatic carbocycles. The molecule has 17 heavy (non-hydrogen) atoms. The molecule has 2 unspecified atom stereocenters. The van der Waals surface area contributed by atoms with Crippen LogP contribution in [0.1, 0.15) is 59.3 Å². The lowest BCUT2D eigenvalue weighted by Crippen LogP contribution is -2.48. The quantitative estimate of drug-likeness (QED) is 0.810. The van der Waals surface area contributed by atoms with Crippen LogP contribution in [0.25, 0.3) is 0 Å². The van der Waals surface area contributed by atoms with Gasteiger partial charge in [-0.1, -0.05) is 33.6 Å². The van der Waals surface area contributed by atoms with Crippen molar-refractivity contribution in [2.45, 2.75) is 71.4 Å². The summed E-state index contributed by atoms with van der Waals surface area (Å²) < 4.78 is 0. The molecule has 0 radical (unpaired) electrons. The minimum Gasteiger partial charge on any atom is -0.312 e. The molecule has 2 nitrogen and oxygen atoms in total. The van der Waals surface area contributed by atoms with Crippen LogP contribution < -0.4 is 5.32 Å². The van der Waals surface area contributed by atoms with Crippen LogP contribution in [-0.4, -0.2) is 36.6 Å². The Balaban J connectivity index is 1.80. The highest BCUT2D eigenvalue weighted by molar-refractivity contribution is 4.90. The van der Waals surface area contributed by atoms with Crippen LogP contribution in [0.15, 0.2) is 0 Å². The topological polar surface area (TPSA) is 15.3 Å². The van der Waals surface area contributed by atoms with Gasteiger partial charge in [0.05, 0.1) is 0 Å². The number of likely N-dealkylation sites (N-methyl/N-ethyl adjacent to an activating group) is 1. The normalized spacial score (nSPS) is 34.1. The molecular weight excluding hydrogens is 208 g/mol. The highest BCUT2D eigenvalue weighted by Gasteiger charge is 2.33. The maximum Gasteiger partial charge on any atom is 0.0221 e. The smallest absolute Gasteiger partial charge is 0.0221 e. The van der Waals surface area contributed by atoms with Gasteiger partial charge in [0.15, 0.2) is 0 Å². The zero-order chi connectivity index (χ0) is 12.3. The average molecular weight is 238 g/mol. The summed E-state index contributed by atoms with van der Waals surface area (Å²) in [5.41, 5.74) is 0.508. The van der Waals surface area contributed by atoms with Gasteiger partial charge in [-0.3, -0.25) is 4.90 Å². The van der Waals surface area contributed by atoms with E-state index in [1.165, 1.54) is 58.2 Å². The Hall–Kier alpha value is -0.0800. The maximum absolute atomic E-state index is 3.88. The Bertz CT molecular complexity index is 237. The SMILES string of the molecule is CCN1CCCC1CNC1CCCCC1(C)C. The second kappa shape index (κ2) is 5.71. The summed E-state index contributed by atoms with van der Waals surface area (Å²) >= 11 is 0. The lowest BCUT2D eigenvalue weighted by atomic mass is 9.73. The van der Waals surface area contributed by atoms with Crippen molar-refractivity contribution >= 4 is 0 Å². The zero-order valence-electron chi connectivity index (χ0n) is 12.0. The molecule has 0 aromatic heterocycles. The summed E-state index contributed by atoms with van der Waals surface area (Å²) in [6.07, 6.45) is 8.42. The Morgan fingerprint density at radius 1 is 1.18 bits per heavy atom. The number of nitrogens with one attached hydrogen (secondary N) is 1. The molecule has 1 aliphatic carbocycles. The first-order chi connectivity index (χ1) is 8.13. The molecule has 100 valence electrons. The van der Waals surface area contributed by atoms with Crippen LogP contribution in [-0.2, 0) is 0 Å². The third kappa shape index (κ3) is 3.23. The van der Waals surface area contributed by atoms with Crippen LogP contribution in [0.3, 0.4) is 0 Å². The zero-order valence-corrected chi connectivity index (χ0v) is 12.0. The standard InChI is InChI=1S/C15H30N2/c1-4-17-11-7-8-13(17)12-16-14-9-5-6-10-15(14,2)3/h13-14,16H,4-12H2,1-3H3. The molecule has 2 heteroatoms. The van der Waals surface area contributed by atoms with E-state index in [9.17, 15) is 0 Å². The third-order valence-corrected chi connectivity index (χ3v) is 5.01. The first-order valence-corrected chi connectivity index (χ1v) is 7.61. The third-order valence-electron chi connectivity index (χ3n) is 5.01. The molecule has 1 saturated heterocycles. The van der Waals surface area contributed by atoms with Gasteiger partial charge >= 0.3 is 0 Å². The summed E-state index contributed by atoms with van der Waals surface area (Å²) in [6.45, 7) is 10.9. The molecule has 1 saturated carbocycles. The average Bonchev–Trinajstić information content (AvgIpc) is 2.74. The summed E-state index contributed by atoms with van der Waals surface area (Å²) in [4.78, 5) is 2.64. The highest BCUT2D eigenvalue weighted by Crippen LogP contribution is 2.35. The van der Waals surface area contributed by atoms with Gasteiger partial charge in [0.25, 0.3) is 0 Å². The minimum atomic E-state index is 0.508. The Kier molecular flexibility index (Phi) is 4.48. The molecule has 2 atom stereocenters. The van der Waals surface area contributed by atoms with E-state index in [2.05, 4.69) is 31.0 Å². The molecule has 0 spiro atoms. The van der Waals surface area contributed by atoms with Crippen LogP contribution in [0.2, 0.25) is 0 Å². The van der Waals surface area contributed by atoms with Crippen molar-refractivity contribution in [2.75, 3.05) is 19.6 Å². The fourth-order valence-corrected chi connectivity index (χ4v) is 3.69. The van der Waals surface area contributed by atoms with Crippen LogP contribution in [0, 0.1) is 5.41 Å². The Labute approximate surface area is 107 Å². The highest BCUT2D eigenvalue weighted by atomic mass is 15.2. The van der Waals surface area contributed by atoms with E-state index in [1.54, 1.807) is 0 Å². The minimum absolute atomic E-state index is 0.508. The fourth-order valence-electron chi connectivity index (χ4n) is 3.69. The van der Waals surface area contributed by atoms with E-state index < -0.39 is 0 Å². The van der Waals surface area contributed by atoms with Crippen LogP contribution >= 0.6 is 0 Å². The van der Waals surface area contributed by atoms with Gasteiger partial charge in [0, 0.05) is 18.6 Å². The van der Waals surface area contributed by atoms with E-state index in [4.69, 9.17) is 0 Å². The predicted octanol–water partition coefficient (Wildman–Crippen LogP) is 3.03. The fraction of sp³-hybridized carbons (Fsp3) is 1.00. The summed E-state index contributed by atoms with van der Waals surface area (Å²) in [5, 5.41) is 3.88. The molecule has 0 amide bonds. The summed E-state index contributed by atoms with van der Waals surface area (Å²) in [6, 6.07) is 1.55. The van der Waals surface area contributed by atoms with E-state index in [1.807, 2.05) is 0 Å². The first kappa shape index (κ1) is 13.4. The number of hydrogen-bond donors (Lipinski definition) is 1. The van der Waals surface area contributed by atoms with Crippen molar-refractivity contribution in [3.8, 4) is 0 Å². The van der Waals surface area contributed by atoms with Crippen molar-refractivity contribution in [2.24, 2.45) is 5.41 Å². The van der Waals surface area contributed by atoms with E-state index in [0.717, 1.165) is 12.1 Å². The molecule has 0 bridgehead atoms. The number of hydrogen-bond acceptors (Lipinski definition) is 2. The lowest BCUT2D eigenvalue weighted by molar-refractivity contribution is 0.154. The van der Waals surface area contributed by atoms with E-state index in [-0.39, 0.29) is 0 Å². The lowest BCUT2D eigenvalue weighted by Gasteiger charge is -2.40. The van der Waals surface area contributed by atoms with E-state index in [0.29, 0.717) is 5.41 Å². The summed E-state index contributed by atoms with van der Waals surface area (Å²) in [7, 11) is 0. The first-order valence-electron chi connectivity index (χ1n) is 7.61. The van der Waals surface area contributed by atoms with Crippen LogP contribution in [0.5, 0.6) is 0 Å². The van der Waals surface area contributed by atoms with Gasteiger partial charge in [-0.25, -0.2) is 0 Å². The van der Waals surface area contributed by atoms with Crippen molar-refractivity contribution in [3.63, 3.8) is 0 Å². The number of nitrogens with zero attached hydrogens (tertiary/aromatic N) is 1. The monoisotopic (exact) mass is 238 g/mol. The van der Waals surface area contributed by atoms with Crippen molar-refractivity contribution < 1.29 is 0 Å². The number of rotatable bonds is 4. The predicted molar refractivity (Wildman–Crippen MR) is 74.3 cm³/mol. The molecule has 1 heterocycles. The van der Waals surface area contributed by atoms with E-state index >= 15 is 0 Å². The van der Waals surface area contributed by atoms with Crippen LogP contribution in [0.4, 0.5) is 0 Å². The van der Waals surface area contributed by atoms with Gasteiger partial charge in [0.2, 0.25) is 0 Å². The second-order valence-corrected chi connectivity index (χ2v) is 6.62. The molecule has 2 rings (SSSR count). The second-order valence-electron chi connectivity index (χ2n) is 6.62. The van der Waals surface area contributed by atoms with Gasteiger partial charge in [-0.2, -0.15) is 0 Å². The Morgan fingerprint density at radius 3 is 2.71 bits per heavy atom. The molecule has 0 aromatic rings. The number of likely N-dealkylation sites (tertiary alicyclic amines) is 1. The molecule has 1 N–H and O–H groups in total. The van der Waals surface area contributed by atoms with Gasteiger partial charge in [-0.05, 0) is 44.2 Å². The van der Waals surface area contributed by atoms with Gasteiger partial charge in [-0.15, -0.1) is 0 Å². The summed E-state index contributed by atoms with van der Waals surface area (Å²) in [5.74, 6) is 0. The molecule has 1 aliphatic heterocycles. The molecule has 2 fully saturated rings. The van der Waals surface area contributed by atoms with Gasteiger partial charge in [0.1, 0.15) is 0 Å². The molecule has 2 aliphatic rings. The van der Waals surface area contributed by atoms with Crippen molar-refractivity contribution in [3.05, 3.63) is 0 Å². The van der Waals surface area contributed by atoms with Crippen molar-refractivity contribution in [1.29, 1.82) is 0 Å². The maximum atomic E-state index is 3.88.